The Kier molecular flexibility index (Phi) is 4.80. The van der Waals surface area contributed by atoms with Gasteiger partial charge in [-0.05, 0) is 42.7 Å². The molecule has 0 spiro atoms. The first-order valence-electron chi connectivity index (χ1n) is 8.82. The first-order chi connectivity index (χ1) is 12.7. The minimum Gasteiger partial charge on any atom is -0.440 e. The van der Waals surface area contributed by atoms with E-state index in [2.05, 4.69) is 10.3 Å². The lowest BCUT2D eigenvalue weighted by Gasteiger charge is -2.30. The zero-order valence-electron chi connectivity index (χ0n) is 14.3. The second-order valence-electron chi connectivity index (χ2n) is 6.57. The minimum atomic E-state index is -0.0407. The van der Waals surface area contributed by atoms with Crippen LogP contribution in [0.15, 0.2) is 52.9 Å². The van der Waals surface area contributed by atoms with E-state index in [1.807, 2.05) is 53.4 Å². The van der Waals surface area contributed by atoms with E-state index < -0.39 is 0 Å². The van der Waals surface area contributed by atoms with E-state index >= 15 is 0 Å². The van der Waals surface area contributed by atoms with Gasteiger partial charge in [-0.1, -0.05) is 35.9 Å². The summed E-state index contributed by atoms with van der Waals surface area (Å²) in [5, 5.41) is 3.64. The normalized spacial score (nSPS) is 15.3. The van der Waals surface area contributed by atoms with Crippen LogP contribution in [0.5, 0.6) is 0 Å². The van der Waals surface area contributed by atoms with Crippen molar-refractivity contribution in [1.82, 2.24) is 15.2 Å². The predicted octanol–water partition coefficient (Wildman–Crippen LogP) is 4.57. The maximum atomic E-state index is 12.4. The number of para-hydroxylation sites is 2. The fourth-order valence-corrected chi connectivity index (χ4v) is 3.54. The molecular weight excluding hydrogens is 350 g/mol. The lowest BCUT2D eigenvalue weighted by molar-refractivity contribution is 0.177. The molecule has 0 aliphatic carbocycles. The largest absolute Gasteiger partial charge is 0.440 e. The molecule has 1 aliphatic heterocycles. The zero-order chi connectivity index (χ0) is 17.9. The molecule has 2 aromatic carbocycles. The Labute approximate surface area is 157 Å². The van der Waals surface area contributed by atoms with Crippen LogP contribution in [0.3, 0.4) is 0 Å². The lowest BCUT2D eigenvalue weighted by atomic mass is 9.97. The van der Waals surface area contributed by atoms with Crippen molar-refractivity contribution in [2.75, 3.05) is 13.1 Å². The monoisotopic (exact) mass is 369 g/mol. The fourth-order valence-electron chi connectivity index (χ4n) is 3.33. The van der Waals surface area contributed by atoms with Crippen molar-refractivity contribution in [2.45, 2.75) is 25.3 Å². The van der Waals surface area contributed by atoms with Gasteiger partial charge in [-0.25, -0.2) is 9.78 Å². The van der Waals surface area contributed by atoms with E-state index in [0.29, 0.717) is 24.7 Å². The van der Waals surface area contributed by atoms with E-state index in [9.17, 15) is 4.79 Å². The van der Waals surface area contributed by atoms with Gasteiger partial charge in [0.05, 0.1) is 0 Å². The van der Waals surface area contributed by atoms with Gasteiger partial charge in [-0.15, -0.1) is 0 Å². The van der Waals surface area contributed by atoms with Gasteiger partial charge in [0.1, 0.15) is 5.52 Å². The highest BCUT2D eigenvalue weighted by Gasteiger charge is 2.26. The number of likely N-dealkylation sites (tertiary alicyclic amines) is 1. The van der Waals surface area contributed by atoms with Crippen LogP contribution in [0.25, 0.3) is 11.1 Å². The molecule has 1 aromatic heterocycles. The molecule has 134 valence electrons. The molecule has 4 rings (SSSR count). The van der Waals surface area contributed by atoms with Crippen molar-refractivity contribution in [2.24, 2.45) is 0 Å². The summed E-state index contributed by atoms with van der Waals surface area (Å²) in [6, 6.07) is 15.3. The lowest BCUT2D eigenvalue weighted by Crippen LogP contribution is -2.43. The SMILES string of the molecule is O=C(NCc1cccc(Cl)c1)N1CCC(c2nc3ccccc3o2)CC1. The number of amides is 2. The first kappa shape index (κ1) is 16.9. The van der Waals surface area contributed by atoms with E-state index in [1.165, 1.54) is 0 Å². The van der Waals surface area contributed by atoms with Crippen LogP contribution in [0.2, 0.25) is 5.02 Å². The number of aromatic nitrogens is 1. The number of halogens is 1. The van der Waals surface area contributed by atoms with Crippen molar-refractivity contribution in [3.8, 4) is 0 Å². The summed E-state index contributed by atoms with van der Waals surface area (Å²) in [5.41, 5.74) is 2.71. The third kappa shape index (κ3) is 3.68. The zero-order valence-corrected chi connectivity index (χ0v) is 15.1. The number of fused-ring (bicyclic) bond motifs is 1. The molecule has 2 heterocycles. The molecule has 0 saturated carbocycles. The van der Waals surface area contributed by atoms with Crippen LogP contribution in [0.4, 0.5) is 4.79 Å². The summed E-state index contributed by atoms with van der Waals surface area (Å²) in [5.74, 6) is 1.05. The molecule has 0 atom stereocenters. The van der Waals surface area contributed by atoms with E-state index in [-0.39, 0.29) is 11.9 Å². The van der Waals surface area contributed by atoms with Crippen LogP contribution in [-0.4, -0.2) is 29.0 Å². The van der Waals surface area contributed by atoms with Crippen LogP contribution in [0.1, 0.15) is 30.2 Å². The quantitative estimate of drug-likeness (QED) is 0.735. The third-order valence-electron chi connectivity index (χ3n) is 4.77. The summed E-state index contributed by atoms with van der Waals surface area (Å²) in [6.07, 6.45) is 1.72. The van der Waals surface area contributed by atoms with E-state index in [0.717, 1.165) is 35.4 Å². The maximum Gasteiger partial charge on any atom is 0.317 e. The molecule has 2 amide bonds. The fraction of sp³-hybridized carbons (Fsp3) is 0.300. The number of carbonyl (C=O) groups is 1. The van der Waals surface area contributed by atoms with Gasteiger partial charge in [0.15, 0.2) is 11.5 Å². The first-order valence-corrected chi connectivity index (χ1v) is 9.19. The molecule has 26 heavy (non-hydrogen) atoms. The van der Waals surface area contributed by atoms with E-state index in [4.69, 9.17) is 16.0 Å². The van der Waals surface area contributed by atoms with Crippen molar-refractivity contribution in [3.05, 3.63) is 65.0 Å². The average molecular weight is 370 g/mol. The number of rotatable bonds is 3. The molecule has 6 heteroatoms. The Balaban J connectivity index is 1.32. The molecule has 3 aromatic rings. The number of nitrogens with one attached hydrogen (secondary N) is 1. The Morgan fingerprint density at radius 2 is 2.00 bits per heavy atom. The number of benzene rings is 2. The van der Waals surface area contributed by atoms with Crippen LogP contribution < -0.4 is 5.32 Å². The number of hydrogen-bond acceptors (Lipinski definition) is 3. The molecule has 0 radical (unpaired) electrons. The Morgan fingerprint density at radius 3 is 2.77 bits per heavy atom. The molecule has 1 N–H and O–H groups in total. The molecule has 0 unspecified atom stereocenters. The molecule has 1 fully saturated rings. The Bertz CT molecular complexity index is 883. The summed E-state index contributed by atoms with van der Waals surface area (Å²) in [6.45, 7) is 1.87. The molecule has 0 bridgehead atoms. The van der Waals surface area contributed by atoms with Crippen molar-refractivity contribution < 1.29 is 9.21 Å². The minimum absolute atomic E-state index is 0.0407. The van der Waals surface area contributed by atoms with Crippen molar-refractivity contribution in [1.29, 1.82) is 0 Å². The van der Waals surface area contributed by atoms with Gasteiger partial charge in [-0.3, -0.25) is 0 Å². The summed E-state index contributed by atoms with van der Waals surface area (Å²) in [7, 11) is 0. The summed E-state index contributed by atoms with van der Waals surface area (Å²) >= 11 is 5.97. The topological polar surface area (TPSA) is 58.4 Å². The Hall–Kier alpha value is -2.53. The Morgan fingerprint density at radius 1 is 1.19 bits per heavy atom. The number of carbonyl (C=O) groups excluding carboxylic acids is 1. The number of hydrogen-bond donors (Lipinski definition) is 1. The standard InChI is InChI=1S/C20H20ClN3O2/c21-16-5-3-4-14(12-16)13-22-20(25)24-10-8-15(9-11-24)19-23-17-6-1-2-7-18(17)26-19/h1-7,12,15H,8-11,13H2,(H,22,25). The van der Waals surface area contributed by atoms with Gasteiger partial charge in [0.2, 0.25) is 0 Å². The van der Waals surface area contributed by atoms with Gasteiger partial charge >= 0.3 is 6.03 Å². The highest BCUT2D eigenvalue weighted by Crippen LogP contribution is 2.29. The number of urea groups is 1. The van der Waals surface area contributed by atoms with Gasteiger partial charge in [-0.2, -0.15) is 0 Å². The molecule has 5 nitrogen and oxygen atoms in total. The molecular formula is C20H20ClN3O2. The maximum absolute atomic E-state index is 12.4. The molecule has 1 aliphatic rings. The molecule has 1 saturated heterocycles. The van der Waals surface area contributed by atoms with E-state index in [1.54, 1.807) is 0 Å². The second kappa shape index (κ2) is 7.38. The van der Waals surface area contributed by atoms with Crippen molar-refractivity contribution >= 4 is 28.7 Å². The predicted molar refractivity (Wildman–Crippen MR) is 101 cm³/mol. The van der Waals surface area contributed by atoms with Gasteiger partial charge in [0.25, 0.3) is 0 Å². The van der Waals surface area contributed by atoms with Crippen LogP contribution in [0, 0.1) is 0 Å². The second-order valence-corrected chi connectivity index (χ2v) is 7.01. The van der Waals surface area contributed by atoms with Crippen LogP contribution >= 0.6 is 11.6 Å². The highest BCUT2D eigenvalue weighted by molar-refractivity contribution is 6.30. The highest BCUT2D eigenvalue weighted by atomic mass is 35.5. The average Bonchev–Trinajstić information content (AvgIpc) is 3.10. The summed E-state index contributed by atoms with van der Waals surface area (Å²) in [4.78, 5) is 18.8. The van der Waals surface area contributed by atoms with Crippen LogP contribution in [-0.2, 0) is 6.54 Å². The number of piperidine rings is 1. The van der Waals surface area contributed by atoms with Crippen molar-refractivity contribution in [3.63, 3.8) is 0 Å². The third-order valence-corrected chi connectivity index (χ3v) is 5.01. The van der Waals surface area contributed by atoms with Gasteiger partial charge in [0, 0.05) is 30.6 Å². The summed E-state index contributed by atoms with van der Waals surface area (Å²) < 4.78 is 5.88. The smallest absolute Gasteiger partial charge is 0.317 e. The van der Waals surface area contributed by atoms with Gasteiger partial charge < -0.3 is 14.6 Å². The number of nitrogens with zero attached hydrogens (tertiary/aromatic N) is 2. The number of oxazole rings is 1.